The van der Waals surface area contributed by atoms with E-state index in [2.05, 4.69) is 22.2 Å². The Hall–Kier alpha value is -2.84. The highest BCUT2D eigenvalue weighted by Gasteiger charge is 2.29. The van der Waals surface area contributed by atoms with Gasteiger partial charge in [-0.1, -0.05) is 38.1 Å². The van der Waals surface area contributed by atoms with Gasteiger partial charge in [0.15, 0.2) is 0 Å². The first kappa shape index (κ1) is 25.4. The van der Waals surface area contributed by atoms with Crippen molar-refractivity contribution < 1.29 is 14.7 Å². The Balaban J connectivity index is 0.000000244. The van der Waals surface area contributed by atoms with Gasteiger partial charge in [0.25, 0.3) is 0 Å². The van der Waals surface area contributed by atoms with Crippen LogP contribution in [-0.2, 0) is 9.59 Å². The fraction of sp³-hybridized carbons (Fsp3) is 0.500. The van der Waals surface area contributed by atoms with E-state index < -0.39 is 0 Å². The predicted molar refractivity (Wildman–Crippen MR) is 124 cm³/mol. The lowest BCUT2D eigenvalue weighted by molar-refractivity contribution is -0.134. The Labute approximate surface area is 190 Å². The number of likely N-dealkylation sites (tertiary alicyclic amines) is 1. The fourth-order valence-corrected chi connectivity index (χ4v) is 3.64. The molecule has 8 nitrogen and oxygen atoms in total. The van der Waals surface area contributed by atoms with Crippen molar-refractivity contribution in [3.8, 4) is 11.1 Å². The first-order valence-corrected chi connectivity index (χ1v) is 11.0. The van der Waals surface area contributed by atoms with Crippen molar-refractivity contribution >= 4 is 12.3 Å². The van der Waals surface area contributed by atoms with E-state index in [1.807, 2.05) is 49.9 Å². The van der Waals surface area contributed by atoms with Gasteiger partial charge in [0, 0.05) is 30.0 Å². The second-order valence-electron chi connectivity index (χ2n) is 8.46. The predicted octanol–water partition coefficient (Wildman–Crippen LogP) is 2.21. The largest absolute Gasteiger partial charge is 0.394 e. The van der Waals surface area contributed by atoms with Crippen molar-refractivity contribution in [1.29, 1.82) is 0 Å². The minimum atomic E-state index is -0.375. The van der Waals surface area contributed by atoms with Gasteiger partial charge in [0.05, 0.1) is 18.7 Å². The van der Waals surface area contributed by atoms with Crippen molar-refractivity contribution in [2.75, 3.05) is 13.2 Å². The topological polar surface area (TPSA) is 121 Å². The number of nitrogens with zero attached hydrogens (tertiary/aromatic N) is 3. The van der Waals surface area contributed by atoms with Gasteiger partial charge in [0.1, 0.15) is 6.33 Å². The van der Waals surface area contributed by atoms with E-state index in [9.17, 15) is 14.7 Å². The molecule has 1 aliphatic rings. The Morgan fingerprint density at radius 1 is 1.34 bits per heavy atom. The quantitative estimate of drug-likeness (QED) is 0.567. The van der Waals surface area contributed by atoms with Crippen molar-refractivity contribution in [1.82, 2.24) is 20.2 Å². The van der Waals surface area contributed by atoms with Crippen molar-refractivity contribution in [3.05, 3.63) is 48.0 Å². The molecule has 174 valence electrons. The van der Waals surface area contributed by atoms with E-state index in [4.69, 9.17) is 5.73 Å². The number of nitrogens with one attached hydrogen (secondary N) is 1. The molecule has 2 aromatic rings. The third kappa shape index (κ3) is 6.58. The van der Waals surface area contributed by atoms with Crippen LogP contribution in [0, 0.1) is 12.8 Å². The summed E-state index contributed by atoms with van der Waals surface area (Å²) in [6.07, 6.45) is 6.12. The molecule has 3 atom stereocenters. The van der Waals surface area contributed by atoms with Crippen LogP contribution in [0.3, 0.4) is 0 Å². The number of benzene rings is 1. The molecule has 8 heteroatoms. The molecule has 1 aromatic heterocycles. The zero-order chi connectivity index (χ0) is 23.7. The normalized spacial score (nSPS) is 17.3. The SMILES string of the molecule is CC(C)C(N)C(=O)N1CCCC1C.Cc1ncncc1-c1ccc(C(CO)NC=O)cc1. The highest BCUT2D eigenvalue weighted by Crippen LogP contribution is 2.23. The highest BCUT2D eigenvalue weighted by molar-refractivity contribution is 5.82. The van der Waals surface area contributed by atoms with Crippen LogP contribution in [0.25, 0.3) is 11.1 Å². The number of aromatic nitrogens is 2. The molecule has 3 unspecified atom stereocenters. The van der Waals surface area contributed by atoms with Gasteiger partial charge in [-0.15, -0.1) is 0 Å². The molecule has 1 aliphatic heterocycles. The summed E-state index contributed by atoms with van der Waals surface area (Å²) in [5.74, 6) is 0.361. The average molecular weight is 442 g/mol. The van der Waals surface area contributed by atoms with E-state index in [0.717, 1.165) is 41.8 Å². The molecule has 0 bridgehead atoms. The first-order valence-electron chi connectivity index (χ1n) is 11.0. The van der Waals surface area contributed by atoms with Gasteiger partial charge in [-0.05, 0) is 43.7 Å². The summed E-state index contributed by atoms with van der Waals surface area (Å²) in [6.45, 7) is 8.76. The summed E-state index contributed by atoms with van der Waals surface area (Å²) in [6, 6.07) is 7.29. The maximum Gasteiger partial charge on any atom is 0.239 e. The van der Waals surface area contributed by atoms with E-state index in [-0.39, 0.29) is 30.5 Å². The van der Waals surface area contributed by atoms with E-state index in [1.54, 1.807) is 6.20 Å². The lowest BCUT2D eigenvalue weighted by Crippen LogP contribution is -2.47. The molecule has 0 radical (unpaired) electrons. The molecule has 0 aliphatic carbocycles. The lowest BCUT2D eigenvalue weighted by atomic mass is 10.0. The second-order valence-corrected chi connectivity index (χ2v) is 8.46. The van der Waals surface area contributed by atoms with Gasteiger partial charge in [0.2, 0.25) is 12.3 Å². The number of aryl methyl sites for hydroxylation is 1. The highest BCUT2D eigenvalue weighted by atomic mass is 16.3. The number of carbonyl (C=O) groups is 2. The van der Waals surface area contributed by atoms with E-state index in [1.165, 1.54) is 6.33 Å². The third-order valence-corrected chi connectivity index (χ3v) is 5.83. The Bertz CT molecular complexity index is 872. The van der Waals surface area contributed by atoms with Crippen LogP contribution in [0.5, 0.6) is 0 Å². The number of hydrogen-bond acceptors (Lipinski definition) is 6. The minimum absolute atomic E-state index is 0.125. The molecular weight excluding hydrogens is 406 g/mol. The van der Waals surface area contributed by atoms with Crippen LogP contribution in [0.2, 0.25) is 0 Å². The maximum absolute atomic E-state index is 11.8. The van der Waals surface area contributed by atoms with Crippen LogP contribution in [0.4, 0.5) is 0 Å². The number of hydrogen-bond donors (Lipinski definition) is 3. The van der Waals surface area contributed by atoms with Crippen molar-refractivity contribution in [2.45, 2.75) is 58.7 Å². The molecule has 3 rings (SSSR count). The zero-order valence-corrected chi connectivity index (χ0v) is 19.4. The van der Waals surface area contributed by atoms with Gasteiger partial charge in [-0.25, -0.2) is 9.97 Å². The summed E-state index contributed by atoms with van der Waals surface area (Å²) in [4.78, 5) is 32.3. The Kier molecular flexibility index (Phi) is 9.74. The molecule has 4 N–H and O–H groups in total. The van der Waals surface area contributed by atoms with Gasteiger partial charge >= 0.3 is 0 Å². The number of amides is 2. The number of aliphatic hydroxyl groups is 1. The smallest absolute Gasteiger partial charge is 0.239 e. The summed E-state index contributed by atoms with van der Waals surface area (Å²) >= 11 is 0. The molecule has 1 aromatic carbocycles. The van der Waals surface area contributed by atoms with E-state index >= 15 is 0 Å². The number of aliphatic hydroxyl groups excluding tert-OH is 1. The standard InChI is InChI=1S/C14H15N3O2.C10H20N2O/c1-10-13(6-15-8-16-10)11-2-4-12(5-3-11)14(7-18)17-9-19;1-7(2)9(11)10(13)12-6-4-5-8(12)3/h2-6,8-9,14,18H,7H2,1H3,(H,17,19);7-9H,4-6,11H2,1-3H3. The summed E-state index contributed by atoms with van der Waals surface area (Å²) in [5.41, 5.74) is 9.55. The maximum atomic E-state index is 11.8. The molecule has 2 heterocycles. The third-order valence-electron chi connectivity index (χ3n) is 5.83. The molecule has 0 saturated carbocycles. The summed E-state index contributed by atoms with van der Waals surface area (Å²) < 4.78 is 0. The molecule has 0 spiro atoms. The summed E-state index contributed by atoms with van der Waals surface area (Å²) in [7, 11) is 0. The van der Waals surface area contributed by atoms with E-state index in [0.29, 0.717) is 12.5 Å². The van der Waals surface area contributed by atoms with Crippen LogP contribution in [0.1, 0.15) is 50.9 Å². The molecular formula is C24H35N5O3. The zero-order valence-electron chi connectivity index (χ0n) is 19.4. The monoisotopic (exact) mass is 441 g/mol. The van der Waals surface area contributed by atoms with Gasteiger partial charge in [-0.3, -0.25) is 9.59 Å². The number of rotatable bonds is 7. The first-order chi connectivity index (χ1) is 15.3. The molecule has 32 heavy (non-hydrogen) atoms. The van der Waals surface area contributed by atoms with Crippen molar-refractivity contribution in [2.24, 2.45) is 11.7 Å². The van der Waals surface area contributed by atoms with Crippen LogP contribution in [0.15, 0.2) is 36.8 Å². The van der Waals surface area contributed by atoms with Gasteiger partial charge < -0.3 is 21.1 Å². The fourth-order valence-electron chi connectivity index (χ4n) is 3.64. The van der Waals surface area contributed by atoms with Crippen LogP contribution >= 0.6 is 0 Å². The van der Waals surface area contributed by atoms with Crippen molar-refractivity contribution in [3.63, 3.8) is 0 Å². The average Bonchev–Trinajstić information content (AvgIpc) is 3.23. The second kappa shape index (κ2) is 12.3. The minimum Gasteiger partial charge on any atom is -0.394 e. The Morgan fingerprint density at radius 2 is 2.03 bits per heavy atom. The van der Waals surface area contributed by atoms with Crippen LogP contribution in [-0.4, -0.2) is 57.5 Å². The number of carbonyl (C=O) groups excluding carboxylic acids is 2. The molecule has 1 saturated heterocycles. The molecule has 1 fully saturated rings. The lowest BCUT2D eigenvalue weighted by Gasteiger charge is -2.26. The number of nitrogens with two attached hydrogens (primary N) is 1. The molecule has 2 amide bonds. The van der Waals surface area contributed by atoms with Gasteiger partial charge in [-0.2, -0.15) is 0 Å². The summed E-state index contributed by atoms with van der Waals surface area (Å²) in [5, 5.41) is 11.8. The Morgan fingerprint density at radius 3 is 2.53 bits per heavy atom. The van der Waals surface area contributed by atoms with Crippen LogP contribution < -0.4 is 11.1 Å².